The molecule has 1 aliphatic heterocycles. The Bertz CT molecular complexity index is 915. The van der Waals surface area contributed by atoms with Crippen LogP contribution in [0.25, 0.3) is 10.8 Å². The van der Waals surface area contributed by atoms with Crippen LogP contribution in [0.15, 0.2) is 36.4 Å². The molecule has 1 fully saturated rings. The number of rotatable bonds is 6. The third kappa shape index (κ3) is 6.10. The highest BCUT2D eigenvalue weighted by Gasteiger charge is 2.25. The molecule has 7 nitrogen and oxygen atoms in total. The van der Waals surface area contributed by atoms with Crippen LogP contribution in [-0.4, -0.2) is 73.3 Å². The van der Waals surface area contributed by atoms with E-state index in [1.807, 2.05) is 64.1 Å². The van der Waals surface area contributed by atoms with Crippen molar-refractivity contribution in [1.29, 1.82) is 0 Å². The zero-order valence-corrected chi connectivity index (χ0v) is 18.9. The minimum Gasteiger partial charge on any atom is -0.493 e. The smallest absolute Gasteiger partial charge is 0.410 e. The molecule has 2 aromatic carbocycles. The van der Waals surface area contributed by atoms with Crippen molar-refractivity contribution in [2.45, 2.75) is 33.3 Å². The first-order chi connectivity index (χ1) is 14.8. The minimum atomic E-state index is -0.486. The Morgan fingerprint density at radius 3 is 2.42 bits per heavy atom. The van der Waals surface area contributed by atoms with Gasteiger partial charge in [0, 0.05) is 39.3 Å². The maximum absolute atomic E-state index is 13.0. The second-order valence-corrected chi connectivity index (χ2v) is 8.66. The number of nitrogens with one attached hydrogen (secondary N) is 1. The number of carbonyl (C=O) groups excluding carboxylic acids is 2. The lowest BCUT2D eigenvalue weighted by molar-refractivity contribution is 0.0147. The summed E-state index contributed by atoms with van der Waals surface area (Å²) in [7, 11) is 0. The van der Waals surface area contributed by atoms with Crippen LogP contribution in [0, 0.1) is 0 Å². The number of carbonyl (C=O) groups is 2. The van der Waals surface area contributed by atoms with Gasteiger partial charge in [0.2, 0.25) is 0 Å². The molecule has 3 rings (SSSR count). The lowest BCUT2D eigenvalue weighted by Crippen LogP contribution is -2.51. The van der Waals surface area contributed by atoms with Crippen molar-refractivity contribution in [3.63, 3.8) is 0 Å². The van der Waals surface area contributed by atoms with Gasteiger partial charge >= 0.3 is 6.09 Å². The van der Waals surface area contributed by atoms with Gasteiger partial charge in [-0.05, 0) is 44.5 Å². The number of benzene rings is 2. The molecule has 1 heterocycles. The van der Waals surface area contributed by atoms with E-state index in [9.17, 15) is 9.59 Å². The van der Waals surface area contributed by atoms with Crippen LogP contribution in [0.4, 0.5) is 4.79 Å². The van der Waals surface area contributed by atoms with E-state index in [4.69, 9.17) is 9.47 Å². The summed E-state index contributed by atoms with van der Waals surface area (Å²) >= 11 is 0. The Hall–Kier alpha value is -2.80. The summed E-state index contributed by atoms with van der Waals surface area (Å²) in [6.45, 7) is 12.0. The molecule has 168 valence electrons. The Morgan fingerprint density at radius 1 is 1.03 bits per heavy atom. The van der Waals surface area contributed by atoms with E-state index < -0.39 is 5.60 Å². The van der Waals surface area contributed by atoms with Gasteiger partial charge in [0.15, 0.2) is 0 Å². The van der Waals surface area contributed by atoms with Gasteiger partial charge in [-0.1, -0.05) is 30.3 Å². The minimum absolute atomic E-state index is 0.132. The van der Waals surface area contributed by atoms with Crippen molar-refractivity contribution < 1.29 is 19.1 Å². The van der Waals surface area contributed by atoms with Crippen LogP contribution in [-0.2, 0) is 4.74 Å². The molecule has 1 saturated heterocycles. The van der Waals surface area contributed by atoms with Gasteiger partial charge in [0.05, 0.1) is 12.2 Å². The van der Waals surface area contributed by atoms with Gasteiger partial charge in [-0.25, -0.2) is 4.79 Å². The number of ether oxygens (including phenoxy) is 2. The quantitative estimate of drug-likeness (QED) is 0.764. The van der Waals surface area contributed by atoms with E-state index in [1.165, 1.54) is 0 Å². The first-order valence-corrected chi connectivity index (χ1v) is 10.9. The van der Waals surface area contributed by atoms with Crippen molar-refractivity contribution in [1.82, 2.24) is 15.1 Å². The zero-order valence-electron chi connectivity index (χ0n) is 18.9. The van der Waals surface area contributed by atoms with Crippen molar-refractivity contribution in [2.24, 2.45) is 0 Å². The van der Waals surface area contributed by atoms with Gasteiger partial charge in [-0.3, -0.25) is 9.69 Å². The zero-order chi connectivity index (χ0) is 22.4. The van der Waals surface area contributed by atoms with Gasteiger partial charge in [-0.15, -0.1) is 0 Å². The number of piperazine rings is 1. The lowest BCUT2D eigenvalue weighted by atomic mass is 10.0. The van der Waals surface area contributed by atoms with Gasteiger partial charge in [-0.2, -0.15) is 0 Å². The fraction of sp³-hybridized carbons (Fsp3) is 0.500. The molecule has 0 unspecified atom stereocenters. The third-order valence-corrected chi connectivity index (χ3v) is 5.16. The predicted molar refractivity (Wildman–Crippen MR) is 122 cm³/mol. The molecule has 31 heavy (non-hydrogen) atoms. The van der Waals surface area contributed by atoms with E-state index in [0.717, 1.165) is 30.4 Å². The molecule has 0 bridgehead atoms. The van der Waals surface area contributed by atoms with Crippen LogP contribution < -0.4 is 10.1 Å². The maximum atomic E-state index is 13.0. The number of nitrogens with zero attached hydrogens (tertiary/aromatic N) is 2. The maximum Gasteiger partial charge on any atom is 0.410 e. The van der Waals surface area contributed by atoms with Crippen molar-refractivity contribution in [3.8, 4) is 5.75 Å². The Kier molecular flexibility index (Phi) is 7.38. The van der Waals surface area contributed by atoms with Gasteiger partial charge in [0.25, 0.3) is 5.91 Å². The summed E-state index contributed by atoms with van der Waals surface area (Å²) in [4.78, 5) is 29.2. The second kappa shape index (κ2) is 10.0. The van der Waals surface area contributed by atoms with E-state index in [2.05, 4.69) is 10.2 Å². The lowest BCUT2D eigenvalue weighted by Gasteiger charge is -2.35. The van der Waals surface area contributed by atoms with E-state index >= 15 is 0 Å². The molecule has 0 saturated carbocycles. The average Bonchev–Trinajstić information content (AvgIpc) is 2.73. The number of fused-ring (bicyclic) bond motifs is 1. The molecular formula is C24H33N3O4. The highest BCUT2D eigenvalue weighted by atomic mass is 16.6. The predicted octanol–water partition coefficient (Wildman–Crippen LogP) is 3.52. The molecule has 1 N–H and O–H groups in total. The SMILES string of the molecule is CCOc1ccc2ccccc2c1C(=O)NCCN1CCN(C(=O)OC(C)(C)C)CC1. The van der Waals surface area contributed by atoms with Crippen LogP contribution in [0.3, 0.4) is 0 Å². The summed E-state index contributed by atoms with van der Waals surface area (Å²) in [5, 5.41) is 4.93. The summed E-state index contributed by atoms with van der Waals surface area (Å²) in [5.41, 5.74) is 0.0928. The summed E-state index contributed by atoms with van der Waals surface area (Å²) < 4.78 is 11.2. The fourth-order valence-electron chi connectivity index (χ4n) is 3.66. The van der Waals surface area contributed by atoms with Crippen LogP contribution in [0.5, 0.6) is 5.75 Å². The number of amides is 2. The van der Waals surface area contributed by atoms with Crippen molar-refractivity contribution in [3.05, 3.63) is 42.0 Å². The van der Waals surface area contributed by atoms with Gasteiger partial charge < -0.3 is 19.7 Å². The second-order valence-electron chi connectivity index (χ2n) is 8.66. The topological polar surface area (TPSA) is 71.1 Å². The molecular weight excluding hydrogens is 394 g/mol. The average molecular weight is 428 g/mol. The molecule has 7 heteroatoms. The van der Waals surface area contributed by atoms with Crippen LogP contribution in [0.1, 0.15) is 38.1 Å². The highest BCUT2D eigenvalue weighted by Crippen LogP contribution is 2.28. The summed E-state index contributed by atoms with van der Waals surface area (Å²) in [6.07, 6.45) is -0.264. The van der Waals surface area contributed by atoms with Crippen LogP contribution in [0.2, 0.25) is 0 Å². The first-order valence-electron chi connectivity index (χ1n) is 10.9. The molecule has 0 atom stereocenters. The summed E-state index contributed by atoms with van der Waals surface area (Å²) in [5.74, 6) is 0.470. The molecule has 0 aromatic heterocycles. The monoisotopic (exact) mass is 427 g/mol. The molecule has 0 spiro atoms. The molecule has 1 aliphatic rings. The van der Waals surface area contributed by atoms with Crippen molar-refractivity contribution in [2.75, 3.05) is 45.9 Å². The van der Waals surface area contributed by atoms with E-state index in [-0.39, 0.29) is 12.0 Å². The molecule has 0 aliphatic carbocycles. The number of hydrogen-bond acceptors (Lipinski definition) is 5. The fourth-order valence-corrected chi connectivity index (χ4v) is 3.66. The molecule has 2 amide bonds. The Labute approximate surface area is 184 Å². The normalized spacial score (nSPS) is 15.0. The van der Waals surface area contributed by atoms with Gasteiger partial charge in [0.1, 0.15) is 11.4 Å². The molecule has 2 aromatic rings. The Morgan fingerprint density at radius 2 is 1.74 bits per heavy atom. The summed E-state index contributed by atoms with van der Waals surface area (Å²) in [6, 6.07) is 11.7. The largest absolute Gasteiger partial charge is 0.493 e. The van der Waals surface area contributed by atoms with Crippen LogP contribution >= 0.6 is 0 Å². The Balaban J connectivity index is 1.54. The standard InChI is InChI=1S/C24H33N3O4/c1-5-30-20-11-10-18-8-6-7-9-19(18)21(20)22(28)25-12-13-26-14-16-27(17-15-26)23(29)31-24(2,3)4/h6-11H,5,12-17H2,1-4H3,(H,25,28). The molecule has 0 radical (unpaired) electrons. The van der Waals surface area contributed by atoms with Crippen molar-refractivity contribution >= 4 is 22.8 Å². The van der Waals surface area contributed by atoms with E-state index in [1.54, 1.807) is 4.90 Å². The number of hydrogen-bond donors (Lipinski definition) is 1. The van der Waals surface area contributed by atoms with E-state index in [0.29, 0.717) is 37.6 Å². The first kappa shape index (κ1) is 22.9. The highest BCUT2D eigenvalue weighted by molar-refractivity contribution is 6.09. The third-order valence-electron chi connectivity index (χ3n) is 5.16.